The summed E-state index contributed by atoms with van der Waals surface area (Å²) in [5.41, 5.74) is 1.26. The van der Waals surface area contributed by atoms with Crippen molar-refractivity contribution in [2.45, 2.75) is 5.33 Å². The van der Waals surface area contributed by atoms with Gasteiger partial charge in [0, 0.05) is 14.5 Å². The Morgan fingerprint density at radius 3 is 2.85 bits per heavy atom. The van der Waals surface area contributed by atoms with Crippen LogP contribution in [0.5, 0.6) is 0 Å². The van der Waals surface area contributed by atoms with Crippen molar-refractivity contribution in [2.24, 2.45) is 0 Å². The Morgan fingerprint density at radius 1 is 1.38 bits per heavy atom. The topological polar surface area (TPSA) is 0 Å². The fourth-order valence-corrected chi connectivity index (χ4v) is 3.89. The molecule has 0 saturated heterocycles. The Morgan fingerprint density at radius 2 is 2.15 bits per heavy atom. The van der Waals surface area contributed by atoms with E-state index in [0.717, 1.165) is 14.1 Å². The Kier molecular flexibility index (Phi) is 2.98. The second-order valence-electron chi connectivity index (χ2n) is 2.62. The second-order valence-corrected chi connectivity index (χ2v) is 5.75. The van der Waals surface area contributed by atoms with Gasteiger partial charge in [0.1, 0.15) is 0 Å². The Hall–Kier alpha value is 0.430. The number of thiophene rings is 1. The molecule has 0 bridgehead atoms. The molecule has 4 heteroatoms. The molecule has 2 aromatic rings. The van der Waals surface area contributed by atoms with Gasteiger partial charge >= 0.3 is 0 Å². The van der Waals surface area contributed by atoms with Gasteiger partial charge in [0.2, 0.25) is 0 Å². The zero-order valence-electron chi connectivity index (χ0n) is 6.48. The molecule has 0 nitrogen and oxygen atoms in total. The van der Waals surface area contributed by atoms with Crippen LogP contribution in [0.4, 0.5) is 0 Å². The zero-order chi connectivity index (χ0) is 9.42. The van der Waals surface area contributed by atoms with Crippen molar-refractivity contribution < 1.29 is 0 Å². The highest BCUT2D eigenvalue weighted by molar-refractivity contribution is 9.10. The van der Waals surface area contributed by atoms with Crippen LogP contribution in [0.15, 0.2) is 22.7 Å². The predicted molar refractivity (Wildman–Crippen MR) is 67.2 cm³/mol. The number of halogens is 3. The van der Waals surface area contributed by atoms with Crippen LogP contribution in [0.25, 0.3) is 10.1 Å². The third-order valence-corrected chi connectivity index (χ3v) is 4.39. The molecule has 13 heavy (non-hydrogen) atoms. The first-order valence-electron chi connectivity index (χ1n) is 3.65. The van der Waals surface area contributed by atoms with Gasteiger partial charge in [-0.05, 0) is 29.1 Å². The quantitative estimate of drug-likeness (QED) is 0.625. The lowest BCUT2D eigenvalue weighted by atomic mass is 10.2. The molecule has 0 N–H and O–H groups in total. The first kappa shape index (κ1) is 9.97. The Balaban J connectivity index is 2.82. The minimum absolute atomic E-state index is 0.843. The minimum atomic E-state index is 0.843. The lowest BCUT2D eigenvalue weighted by Gasteiger charge is -2.00. The van der Waals surface area contributed by atoms with E-state index in [0.29, 0.717) is 0 Å². The van der Waals surface area contributed by atoms with Crippen molar-refractivity contribution in [1.29, 1.82) is 0 Å². The lowest BCUT2D eigenvalue weighted by molar-refractivity contribution is 1.46. The predicted octanol–water partition coefficient (Wildman–Crippen LogP) is 5.21. The maximum atomic E-state index is 5.95. The SMILES string of the molecule is Clc1cc2c(CBr)c(Br)ccc2s1. The average Bonchev–Trinajstić information content (AvgIpc) is 2.45. The van der Waals surface area contributed by atoms with Gasteiger partial charge in [0.25, 0.3) is 0 Å². The van der Waals surface area contributed by atoms with E-state index in [2.05, 4.69) is 44.0 Å². The number of benzene rings is 1. The van der Waals surface area contributed by atoms with Crippen LogP contribution in [0, 0.1) is 0 Å². The highest BCUT2D eigenvalue weighted by Gasteiger charge is 2.07. The smallest absolute Gasteiger partial charge is 0.0940 e. The molecule has 0 aliphatic carbocycles. The molecule has 1 aromatic carbocycles. The molecule has 0 radical (unpaired) electrons. The van der Waals surface area contributed by atoms with Crippen molar-refractivity contribution in [3.8, 4) is 0 Å². The summed E-state index contributed by atoms with van der Waals surface area (Å²) in [5, 5.41) is 2.08. The molecule has 0 spiro atoms. The standard InChI is InChI=1S/C9H5Br2ClS/c10-4-6-5-3-9(12)13-8(5)2-1-7(6)11/h1-3H,4H2. The normalized spacial score (nSPS) is 11.0. The number of rotatable bonds is 1. The maximum Gasteiger partial charge on any atom is 0.0940 e. The van der Waals surface area contributed by atoms with E-state index in [9.17, 15) is 0 Å². The van der Waals surface area contributed by atoms with Crippen LogP contribution < -0.4 is 0 Å². The summed E-state index contributed by atoms with van der Waals surface area (Å²) in [6.07, 6.45) is 0. The van der Waals surface area contributed by atoms with Gasteiger partial charge in [-0.2, -0.15) is 0 Å². The van der Waals surface area contributed by atoms with Crippen LogP contribution in [0.1, 0.15) is 5.56 Å². The fraction of sp³-hybridized carbons (Fsp3) is 0.111. The van der Waals surface area contributed by atoms with Gasteiger partial charge in [-0.25, -0.2) is 0 Å². The summed E-state index contributed by atoms with van der Waals surface area (Å²) in [5.74, 6) is 0. The van der Waals surface area contributed by atoms with Crippen LogP contribution >= 0.6 is 54.8 Å². The molecular formula is C9H5Br2ClS. The molecule has 0 aliphatic heterocycles. The summed E-state index contributed by atoms with van der Waals surface area (Å²) in [6.45, 7) is 0. The van der Waals surface area contributed by atoms with Crippen molar-refractivity contribution in [3.05, 3.63) is 32.6 Å². The highest BCUT2D eigenvalue weighted by atomic mass is 79.9. The van der Waals surface area contributed by atoms with Crippen molar-refractivity contribution >= 4 is 64.9 Å². The van der Waals surface area contributed by atoms with E-state index in [1.807, 2.05) is 6.07 Å². The van der Waals surface area contributed by atoms with E-state index >= 15 is 0 Å². The average molecular weight is 340 g/mol. The molecule has 0 aliphatic rings. The largest absolute Gasteiger partial charge is 0.123 e. The molecule has 2 rings (SSSR count). The Labute approximate surface area is 102 Å². The molecule has 0 fully saturated rings. The highest BCUT2D eigenvalue weighted by Crippen LogP contribution is 2.35. The molecular weight excluding hydrogens is 335 g/mol. The van der Waals surface area contributed by atoms with E-state index in [1.54, 1.807) is 11.3 Å². The summed E-state index contributed by atoms with van der Waals surface area (Å²) >= 11 is 14.6. The summed E-state index contributed by atoms with van der Waals surface area (Å²) in [7, 11) is 0. The maximum absolute atomic E-state index is 5.95. The molecule has 0 unspecified atom stereocenters. The first-order chi connectivity index (χ1) is 6.22. The number of hydrogen-bond donors (Lipinski definition) is 0. The zero-order valence-corrected chi connectivity index (χ0v) is 11.2. The molecule has 0 saturated carbocycles. The lowest BCUT2D eigenvalue weighted by Crippen LogP contribution is -1.79. The molecule has 1 heterocycles. The van der Waals surface area contributed by atoms with Crippen molar-refractivity contribution in [2.75, 3.05) is 0 Å². The summed E-state index contributed by atoms with van der Waals surface area (Å²) in [6, 6.07) is 6.16. The monoisotopic (exact) mass is 338 g/mol. The number of alkyl halides is 1. The summed E-state index contributed by atoms with van der Waals surface area (Å²) in [4.78, 5) is 0. The van der Waals surface area contributed by atoms with Crippen LogP contribution in [-0.4, -0.2) is 0 Å². The minimum Gasteiger partial charge on any atom is -0.123 e. The third-order valence-electron chi connectivity index (χ3n) is 1.86. The van der Waals surface area contributed by atoms with Crippen LogP contribution in [0.2, 0.25) is 4.34 Å². The molecule has 68 valence electrons. The van der Waals surface area contributed by atoms with Gasteiger partial charge in [0.15, 0.2) is 0 Å². The van der Waals surface area contributed by atoms with Gasteiger partial charge in [0.05, 0.1) is 4.34 Å². The fourth-order valence-electron chi connectivity index (χ4n) is 1.25. The number of hydrogen-bond acceptors (Lipinski definition) is 1. The first-order valence-corrected chi connectivity index (χ1v) is 6.75. The van der Waals surface area contributed by atoms with Crippen LogP contribution in [0.3, 0.4) is 0 Å². The van der Waals surface area contributed by atoms with E-state index < -0.39 is 0 Å². The third kappa shape index (κ3) is 1.80. The van der Waals surface area contributed by atoms with Gasteiger partial charge < -0.3 is 0 Å². The second kappa shape index (κ2) is 3.89. The van der Waals surface area contributed by atoms with Gasteiger partial charge in [-0.3, -0.25) is 0 Å². The molecule has 1 aromatic heterocycles. The van der Waals surface area contributed by atoms with E-state index in [-0.39, 0.29) is 0 Å². The summed E-state index contributed by atoms with van der Waals surface area (Å²) < 4.78 is 3.21. The van der Waals surface area contributed by atoms with Gasteiger partial charge in [-0.1, -0.05) is 43.5 Å². The number of fused-ring (bicyclic) bond motifs is 1. The van der Waals surface area contributed by atoms with E-state index in [4.69, 9.17) is 11.6 Å². The molecule has 0 atom stereocenters. The van der Waals surface area contributed by atoms with Gasteiger partial charge in [-0.15, -0.1) is 11.3 Å². The van der Waals surface area contributed by atoms with E-state index in [1.165, 1.54) is 15.6 Å². The van der Waals surface area contributed by atoms with Crippen molar-refractivity contribution in [3.63, 3.8) is 0 Å². The Bertz CT molecular complexity index is 450. The van der Waals surface area contributed by atoms with Crippen LogP contribution in [-0.2, 0) is 5.33 Å². The molecule has 0 amide bonds. The van der Waals surface area contributed by atoms with Crippen molar-refractivity contribution in [1.82, 2.24) is 0 Å².